The Bertz CT molecular complexity index is 894. The highest BCUT2D eigenvalue weighted by Gasteiger charge is 2.24. The van der Waals surface area contributed by atoms with Crippen LogP contribution >= 0.6 is 0 Å². The molecule has 2 aromatic rings. The third-order valence-electron chi connectivity index (χ3n) is 4.74. The molecule has 1 unspecified atom stereocenters. The van der Waals surface area contributed by atoms with Gasteiger partial charge in [-0.3, -0.25) is 9.59 Å². The molecule has 1 saturated heterocycles. The lowest BCUT2D eigenvalue weighted by molar-refractivity contribution is 0.0943. The Morgan fingerprint density at radius 3 is 2.85 bits per heavy atom. The van der Waals surface area contributed by atoms with E-state index in [1.54, 1.807) is 25.4 Å². The summed E-state index contributed by atoms with van der Waals surface area (Å²) in [6.45, 7) is 6.10. The largest absolute Gasteiger partial charge is 0.370 e. The molecule has 2 aromatic heterocycles. The van der Waals surface area contributed by atoms with Crippen molar-refractivity contribution >= 4 is 17.5 Å². The molecular formula is C18H25N7O2. The van der Waals surface area contributed by atoms with E-state index in [-0.39, 0.29) is 29.0 Å². The zero-order valence-electron chi connectivity index (χ0n) is 15.8. The first-order valence-electron chi connectivity index (χ1n) is 9.04. The molecule has 27 heavy (non-hydrogen) atoms. The maximum atomic E-state index is 12.4. The van der Waals surface area contributed by atoms with Gasteiger partial charge in [-0.1, -0.05) is 13.8 Å². The summed E-state index contributed by atoms with van der Waals surface area (Å²) < 4.78 is 1.30. The van der Waals surface area contributed by atoms with E-state index in [9.17, 15) is 9.59 Å². The average Bonchev–Trinajstić information content (AvgIpc) is 3.10. The van der Waals surface area contributed by atoms with Crippen molar-refractivity contribution in [3.8, 4) is 0 Å². The average molecular weight is 371 g/mol. The van der Waals surface area contributed by atoms with Crippen LogP contribution in [0.3, 0.4) is 0 Å². The maximum absolute atomic E-state index is 12.4. The Morgan fingerprint density at radius 1 is 1.37 bits per heavy atom. The van der Waals surface area contributed by atoms with Gasteiger partial charge in [0.2, 0.25) is 5.95 Å². The predicted octanol–water partition coefficient (Wildman–Crippen LogP) is 0.532. The first-order valence-corrected chi connectivity index (χ1v) is 9.04. The summed E-state index contributed by atoms with van der Waals surface area (Å²) in [6, 6.07) is 3.27. The van der Waals surface area contributed by atoms with Gasteiger partial charge < -0.3 is 16.0 Å². The van der Waals surface area contributed by atoms with Gasteiger partial charge in [-0.25, -0.2) is 14.6 Å². The third-order valence-corrected chi connectivity index (χ3v) is 4.74. The number of hydrogen-bond donors (Lipinski definition) is 2. The molecule has 144 valence electrons. The second kappa shape index (κ2) is 7.73. The Hall–Kier alpha value is -2.97. The van der Waals surface area contributed by atoms with Crippen molar-refractivity contribution in [2.45, 2.75) is 26.2 Å². The molecule has 3 heterocycles. The second-order valence-electron chi connectivity index (χ2n) is 7.18. The van der Waals surface area contributed by atoms with E-state index < -0.39 is 0 Å². The molecule has 0 saturated carbocycles. The Balaban J connectivity index is 1.58. The highest BCUT2D eigenvalue weighted by atomic mass is 16.2. The van der Waals surface area contributed by atoms with Crippen LogP contribution in [-0.4, -0.2) is 45.3 Å². The van der Waals surface area contributed by atoms with Crippen LogP contribution < -0.4 is 21.5 Å². The molecule has 3 rings (SSSR count). The number of rotatable bonds is 5. The molecule has 1 aliphatic heterocycles. The van der Waals surface area contributed by atoms with E-state index in [0.29, 0.717) is 12.5 Å². The summed E-state index contributed by atoms with van der Waals surface area (Å²) in [5, 5.41) is 6.99. The van der Waals surface area contributed by atoms with Gasteiger partial charge in [-0.15, -0.1) is 0 Å². The highest BCUT2D eigenvalue weighted by Crippen LogP contribution is 2.21. The normalized spacial score (nSPS) is 16.7. The molecule has 9 heteroatoms. The summed E-state index contributed by atoms with van der Waals surface area (Å²) in [6.07, 6.45) is 2.62. The Kier molecular flexibility index (Phi) is 5.38. The van der Waals surface area contributed by atoms with Crippen molar-refractivity contribution in [1.82, 2.24) is 25.1 Å². The number of aryl methyl sites for hydroxylation is 1. The number of aromatic nitrogens is 4. The van der Waals surface area contributed by atoms with Crippen LogP contribution in [0.4, 0.5) is 11.6 Å². The summed E-state index contributed by atoms with van der Waals surface area (Å²) in [5.41, 5.74) is 7.44. The van der Waals surface area contributed by atoms with Crippen LogP contribution in [0.1, 0.15) is 42.4 Å². The summed E-state index contributed by atoms with van der Waals surface area (Å²) in [7, 11) is 1.62. The van der Waals surface area contributed by atoms with Gasteiger partial charge in [0, 0.05) is 38.4 Å². The number of nitrogen functional groups attached to an aromatic ring is 1. The smallest absolute Gasteiger partial charge is 0.270 e. The molecule has 0 aromatic carbocycles. The predicted molar refractivity (Wildman–Crippen MR) is 103 cm³/mol. The van der Waals surface area contributed by atoms with E-state index >= 15 is 0 Å². The second-order valence-corrected chi connectivity index (χ2v) is 7.18. The number of carbonyl (C=O) groups excluding carboxylic acids is 1. The molecule has 1 aliphatic rings. The maximum Gasteiger partial charge on any atom is 0.270 e. The fraction of sp³-hybridized carbons (Fsp3) is 0.500. The number of nitrogens with one attached hydrogen (secondary N) is 1. The number of carbonyl (C=O) groups is 1. The molecule has 0 aliphatic carbocycles. The van der Waals surface area contributed by atoms with Gasteiger partial charge in [0.15, 0.2) is 0 Å². The van der Waals surface area contributed by atoms with Gasteiger partial charge in [-0.2, -0.15) is 5.10 Å². The zero-order chi connectivity index (χ0) is 19.6. The fourth-order valence-corrected chi connectivity index (χ4v) is 3.09. The minimum atomic E-state index is -0.250. The zero-order valence-corrected chi connectivity index (χ0v) is 15.8. The summed E-state index contributed by atoms with van der Waals surface area (Å²) in [4.78, 5) is 34.5. The molecule has 1 atom stereocenters. The molecule has 0 spiro atoms. The molecule has 9 nitrogen and oxygen atoms in total. The first kappa shape index (κ1) is 18.8. The monoisotopic (exact) mass is 371 g/mol. The standard InChI is InChI=1S/C18H25N7O2/c1-11(2)14-7-15(23-18(19)22-14)17(27)20-8-12-4-5-25(10-12)13-6-16(26)24(3)21-9-13/h6-7,9,11-12H,4-5,8,10H2,1-3H3,(H,20,27)(H2,19,22,23). The van der Waals surface area contributed by atoms with E-state index in [1.807, 2.05) is 13.8 Å². The van der Waals surface area contributed by atoms with Crippen LogP contribution in [0.15, 0.2) is 23.1 Å². The SMILES string of the molecule is CC(C)c1cc(C(=O)NCC2CCN(c3cnn(C)c(=O)c3)C2)nc(N)n1. The van der Waals surface area contributed by atoms with E-state index in [2.05, 4.69) is 25.3 Å². The molecule has 1 fully saturated rings. The van der Waals surface area contributed by atoms with Gasteiger partial charge in [0.25, 0.3) is 11.5 Å². The van der Waals surface area contributed by atoms with Crippen molar-refractivity contribution < 1.29 is 4.79 Å². The van der Waals surface area contributed by atoms with Gasteiger partial charge in [0.05, 0.1) is 11.9 Å². The van der Waals surface area contributed by atoms with Crippen molar-refractivity contribution in [3.05, 3.63) is 40.1 Å². The molecule has 0 radical (unpaired) electrons. The summed E-state index contributed by atoms with van der Waals surface area (Å²) in [5.74, 6) is 0.315. The van der Waals surface area contributed by atoms with Crippen molar-refractivity contribution in [2.75, 3.05) is 30.3 Å². The lowest BCUT2D eigenvalue weighted by Gasteiger charge is -2.18. The Morgan fingerprint density at radius 2 is 2.15 bits per heavy atom. The molecular weight excluding hydrogens is 346 g/mol. The first-order chi connectivity index (χ1) is 12.8. The van der Waals surface area contributed by atoms with Crippen LogP contribution in [0.25, 0.3) is 0 Å². The van der Waals surface area contributed by atoms with E-state index in [1.165, 1.54) is 4.68 Å². The highest BCUT2D eigenvalue weighted by molar-refractivity contribution is 5.92. The van der Waals surface area contributed by atoms with Crippen molar-refractivity contribution in [2.24, 2.45) is 13.0 Å². The fourth-order valence-electron chi connectivity index (χ4n) is 3.09. The van der Waals surface area contributed by atoms with E-state index in [0.717, 1.165) is 30.9 Å². The number of amides is 1. The quantitative estimate of drug-likeness (QED) is 0.787. The minimum Gasteiger partial charge on any atom is -0.370 e. The number of anilines is 2. The summed E-state index contributed by atoms with van der Waals surface area (Å²) >= 11 is 0. The van der Waals surface area contributed by atoms with Gasteiger partial charge >= 0.3 is 0 Å². The molecule has 0 bridgehead atoms. The van der Waals surface area contributed by atoms with Gasteiger partial charge in [0.1, 0.15) is 5.69 Å². The van der Waals surface area contributed by atoms with Crippen LogP contribution in [0.2, 0.25) is 0 Å². The number of nitrogens with zero attached hydrogens (tertiary/aromatic N) is 5. The number of hydrogen-bond acceptors (Lipinski definition) is 7. The van der Waals surface area contributed by atoms with Crippen molar-refractivity contribution in [3.63, 3.8) is 0 Å². The third kappa shape index (κ3) is 4.42. The van der Waals surface area contributed by atoms with Gasteiger partial charge in [-0.05, 0) is 24.3 Å². The van der Waals surface area contributed by atoms with Crippen molar-refractivity contribution in [1.29, 1.82) is 0 Å². The Labute approximate surface area is 157 Å². The lowest BCUT2D eigenvalue weighted by Crippen LogP contribution is -2.32. The lowest BCUT2D eigenvalue weighted by atomic mass is 10.1. The minimum absolute atomic E-state index is 0.108. The van der Waals surface area contributed by atoms with Crippen LogP contribution in [0.5, 0.6) is 0 Å². The van der Waals surface area contributed by atoms with Crippen LogP contribution in [-0.2, 0) is 7.05 Å². The topological polar surface area (TPSA) is 119 Å². The van der Waals surface area contributed by atoms with E-state index in [4.69, 9.17) is 5.73 Å². The molecule has 1 amide bonds. The number of nitrogens with two attached hydrogens (primary N) is 1. The van der Waals surface area contributed by atoms with Crippen LogP contribution in [0, 0.1) is 5.92 Å². The molecule has 3 N–H and O–H groups in total.